The zero-order valence-electron chi connectivity index (χ0n) is 11.3. The van der Waals surface area contributed by atoms with E-state index < -0.39 is 5.82 Å². The number of amides is 1. The van der Waals surface area contributed by atoms with Gasteiger partial charge in [-0.1, -0.05) is 36.4 Å². The molecular formula is C16H17FN2O. The maximum Gasteiger partial charge on any atom is 0.256 e. The predicted octanol–water partition coefficient (Wildman–Crippen LogP) is 3.07. The normalized spacial score (nSPS) is 10.3. The lowest BCUT2D eigenvalue weighted by Crippen LogP contribution is -2.31. The summed E-state index contributed by atoms with van der Waals surface area (Å²) in [5.41, 5.74) is 6.79. The lowest BCUT2D eigenvalue weighted by atomic mass is 10.1. The van der Waals surface area contributed by atoms with Crippen LogP contribution in [-0.2, 0) is 6.54 Å². The molecule has 0 heterocycles. The molecule has 0 fully saturated rings. The van der Waals surface area contributed by atoms with Crippen LogP contribution in [0.2, 0.25) is 0 Å². The highest BCUT2D eigenvalue weighted by Gasteiger charge is 2.18. The van der Waals surface area contributed by atoms with Gasteiger partial charge >= 0.3 is 0 Å². The topological polar surface area (TPSA) is 46.3 Å². The number of hydrogen-bond acceptors (Lipinski definition) is 2. The highest BCUT2D eigenvalue weighted by atomic mass is 19.1. The molecule has 0 radical (unpaired) electrons. The van der Waals surface area contributed by atoms with Gasteiger partial charge in [-0.05, 0) is 24.6 Å². The van der Waals surface area contributed by atoms with Gasteiger partial charge in [-0.2, -0.15) is 0 Å². The molecule has 0 spiro atoms. The fraction of sp³-hybridized carbons (Fsp3) is 0.188. The van der Waals surface area contributed by atoms with Crippen molar-refractivity contribution in [3.63, 3.8) is 0 Å². The molecule has 2 aromatic carbocycles. The number of nitrogen functional groups attached to an aromatic ring is 1. The van der Waals surface area contributed by atoms with Crippen molar-refractivity contribution in [2.24, 2.45) is 0 Å². The molecule has 0 aliphatic heterocycles. The van der Waals surface area contributed by atoms with Gasteiger partial charge < -0.3 is 10.6 Å². The molecule has 104 valence electrons. The standard InChI is InChI=1S/C16H17FN2O/c1-2-19(11-12-7-4-3-5-8-12)16(20)13-9-6-10-14(17)15(13)18/h3-10H,2,11,18H2,1H3. The van der Waals surface area contributed by atoms with E-state index in [2.05, 4.69) is 0 Å². The van der Waals surface area contributed by atoms with Crippen LogP contribution >= 0.6 is 0 Å². The molecule has 0 bridgehead atoms. The monoisotopic (exact) mass is 272 g/mol. The van der Waals surface area contributed by atoms with E-state index in [0.717, 1.165) is 5.56 Å². The zero-order chi connectivity index (χ0) is 14.5. The Balaban J connectivity index is 2.23. The number of halogens is 1. The summed E-state index contributed by atoms with van der Waals surface area (Å²) in [5.74, 6) is -0.819. The van der Waals surface area contributed by atoms with Crippen LogP contribution in [-0.4, -0.2) is 17.4 Å². The Kier molecular flexibility index (Phi) is 4.35. The summed E-state index contributed by atoms with van der Waals surface area (Å²) in [6.45, 7) is 2.89. The first-order valence-electron chi connectivity index (χ1n) is 6.50. The van der Waals surface area contributed by atoms with Crippen molar-refractivity contribution >= 4 is 11.6 Å². The van der Waals surface area contributed by atoms with Crippen molar-refractivity contribution < 1.29 is 9.18 Å². The second-order valence-corrected chi connectivity index (χ2v) is 4.51. The van der Waals surface area contributed by atoms with Gasteiger partial charge in [0.1, 0.15) is 5.82 Å². The highest BCUT2D eigenvalue weighted by molar-refractivity contribution is 5.99. The summed E-state index contributed by atoms with van der Waals surface area (Å²) < 4.78 is 13.4. The van der Waals surface area contributed by atoms with Gasteiger partial charge in [0.15, 0.2) is 0 Å². The fourth-order valence-electron chi connectivity index (χ4n) is 2.02. The Morgan fingerprint density at radius 2 is 1.85 bits per heavy atom. The lowest BCUT2D eigenvalue weighted by molar-refractivity contribution is 0.0753. The van der Waals surface area contributed by atoms with E-state index in [1.54, 1.807) is 11.0 Å². The third-order valence-corrected chi connectivity index (χ3v) is 3.17. The van der Waals surface area contributed by atoms with Crippen LogP contribution in [0.25, 0.3) is 0 Å². The molecule has 0 atom stereocenters. The second-order valence-electron chi connectivity index (χ2n) is 4.51. The number of carbonyl (C=O) groups excluding carboxylic acids is 1. The summed E-state index contributed by atoms with van der Waals surface area (Å²) in [6, 6.07) is 14.0. The molecule has 20 heavy (non-hydrogen) atoms. The first kappa shape index (κ1) is 14.1. The van der Waals surface area contributed by atoms with Crippen molar-refractivity contribution in [2.75, 3.05) is 12.3 Å². The van der Waals surface area contributed by atoms with Crippen LogP contribution in [0.1, 0.15) is 22.8 Å². The van der Waals surface area contributed by atoms with E-state index in [0.29, 0.717) is 13.1 Å². The summed E-state index contributed by atoms with van der Waals surface area (Å²) in [7, 11) is 0. The minimum atomic E-state index is -0.563. The smallest absolute Gasteiger partial charge is 0.256 e. The quantitative estimate of drug-likeness (QED) is 0.869. The molecule has 0 saturated heterocycles. The van der Waals surface area contributed by atoms with Crippen molar-refractivity contribution in [3.8, 4) is 0 Å². The second kappa shape index (κ2) is 6.19. The van der Waals surface area contributed by atoms with Crippen LogP contribution in [0.5, 0.6) is 0 Å². The molecule has 4 heteroatoms. The molecule has 0 aliphatic rings. The molecule has 3 nitrogen and oxygen atoms in total. The summed E-state index contributed by atoms with van der Waals surface area (Å²) >= 11 is 0. The first-order valence-corrected chi connectivity index (χ1v) is 6.50. The maximum atomic E-state index is 13.4. The molecule has 1 amide bonds. The number of nitrogens with two attached hydrogens (primary N) is 1. The average molecular weight is 272 g/mol. The van der Waals surface area contributed by atoms with E-state index in [4.69, 9.17) is 5.73 Å². The Bertz CT molecular complexity index is 599. The van der Waals surface area contributed by atoms with E-state index >= 15 is 0 Å². The molecule has 0 aliphatic carbocycles. The largest absolute Gasteiger partial charge is 0.396 e. The number of hydrogen-bond donors (Lipinski definition) is 1. The van der Waals surface area contributed by atoms with E-state index in [-0.39, 0.29) is 17.2 Å². The van der Waals surface area contributed by atoms with Crippen molar-refractivity contribution in [1.82, 2.24) is 4.90 Å². The maximum absolute atomic E-state index is 13.4. The number of benzene rings is 2. The molecule has 0 saturated carbocycles. The molecule has 2 N–H and O–H groups in total. The van der Waals surface area contributed by atoms with Crippen LogP contribution in [0, 0.1) is 5.82 Å². The summed E-state index contributed by atoms with van der Waals surface area (Å²) in [5, 5.41) is 0. The van der Waals surface area contributed by atoms with E-state index in [1.165, 1.54) is 12.1 Å². The Hall–Kier alpha value is -2.36. The molecule has 0 aromatic heterocycles. The van der Waals surface area contributed by atoms with Crippen molar-refractivity contribution in [2.45, 2.75) is 13.5 Å². The Labute approximate surface area is 117 Å². The van der Waals surface area contributed by atoms with E-state index in [9.17, 15) is 9.18 Å². The number of carbonyl (C=O) groups is 1. The lowest BCUT2D eigenvalue weighted by Gasteiger charge is -2.22. The van der Waals surface area contributed by atoms with Gasteiger partial charge in [-0.15, -0.1) is 0 Å². The Morgan fingerprint density at radius 1 is 1.15 bits per heavy atom. The zero-order valence-corrected chi connectivity index (χ0v) is 11.3. The fourth-order valence-corrected chi connectivity index (χ4v) is 2.02. The van der Waals surface area contributed by atoms with Gasteiger partial charge in [-0.3, -0.25) is 4.79 Å². The number of nitrogens with zero attached hydrogens (tertiary/aromatic N) is 1. The van der Waals surface area contributed by atoms with Crippen molar-refractivity contribution in [1.29, 1.82) is 0 Å². The molecule has 2 aromatic rings. The highest BCUT2D eigenvalue weighted by Crippen LogP contribution is 2.18. The van der Waals surface area contributed by atoms with Gasteiger partial charge in [0, 0.05) is 13.1 Å². The van der Waals surface area contributed by atoms with Crippen molar-refractivity contribution in [3.05, 3.63) is 65.5 Å². The van der Waals surface area contributed by atoms with Crippen LogP contribution in [0.15, 0.2) is 48.5 Å². The van der Waals surface area contributed by atoms with Gasteiger partial charge in [0.05, 0.1) is 11.3 Å². The van der Waals surface area contributed by atoms with Gasteiger partial charge in [0.2, 0.25) is 0 Å². The van der Waals surface area contributed by atoms with Crippen LogP contribution in [0.3, 0.4) is 0 Å². The molecular weight excluding hydrogens is 255 g/mol. The van der Waals surface area contributed by atoms with Gasteiger partial charge in [0.25, 0.3) is 5.91 Å². The van der Waals surface area contributed by atoms with Crippen LogP contribution in [0.4, 0.5) is 10.1 Å². The minimum absolute atomic E-state index is 0.0935. The number of para-hydroxylation sites is 1. The third kappa shape index (κ3) is 2.96. The summed E-state index contributed by atoms with van der Waals surface area (Å²) in [4.78, 5) is 14.1. The minimum Gasteiger partial charge on any atom is -0.396 e. The third-order valence-electron chi connectivity index (χ3n) is 3.17. The Morgan fingerprint density at radius 3 is 2.50 bits per heavy atom. The number of anilines is 1. The van der Waals surface area contributed by atoms with Crippen LogP contribution < -0.4 is 5.73 Å². The number of rotatable bonds is 4. The molecule has 0 unspecified atom stereocenters. The van der Waals surface area contributed by atoms with E-state index in [1.807, 2.05) is 37.3 Å². The average Bonchev–Trinajstić information content (AvgIpc) is 2.48. The predicted molar refractivity (Wildman–Crippen MR) is 77.7 cm³/mol. The first-order chi connectivity index (χ1) is 9.63. The molecule has 2 rings (SSSR count). The SMILES string of the molecule is CCN(Cc1ccccc1)C(=O)c1cccc(F)c1N. The summed E-state index contributed by atoms with van der Waals surface area (Å²) in [6.07, 6.45) is 0. The van der Waals surface area contributed by atoms with Gasteiger partial charge in [-0.25, -0.2) is 4.39 Å².